The van der Waals surface area contributed by atoms with Gasteiger partial charge in [-0.2, -0.15) is 0 Å². The molecule has 0 bridgehead atoms. The molecule has 2 aromatic rings. The maximum atomic E-state index is 12.4. The van der Waals surface area contributed by atoms with E-state index in [0.717, 1.165) is 25.7 Å². The first-order valence-corrected chi connectivity index (χ1v) is 13.2. The second-order valence-corrected chi connectivity index (χ2v) is 10.0. The number of aliphatic hydroxyl groups is 2. The summed E-state index contributed by atoms with van der Waals surface area (Å²) in [7, 11) is 0. The van der Waals surface area contributed by atoms with Gasteiger partial charge in [-0.3, -0.25) is 9.36 Å². The normalized spacial score (nSPS) is 28.2. The molecule has 3 aliphatic heterocycles. The molecule has 3 fully saturated rings. The van der Waals surface area contributed by atoms with E-state index in [0.29, 0.717) is 62.2 Å². The summed E-state index contributed by atoms with van der Waals surface area (Å²) < 4.78 is 18.0. The minimum atomic E-state index is -1.41. The lowest BCUT2D eigenvalue weighted by Gasteiger charge is -2.31. The van der Waals surface area contributed by atoms with Gasteiger partial charge in [-0.15, -0.1) is 0 Å². The largest absolute Gasteiger partial charge is 0.444 e. The van der Waals surface area contributed by atoms with Gasteiger partial charge in [0, 0.05) is 32.5 Å². The van der Waals surface area contributed by atoms with Crippen LogP contribution in [0.15, 0.2) is 6.33 Å². The Bertz CT molecular complexity index is 1150. The highest BCUT2D eigenvalue weighted by molar-refractivity contribution is 5.83. The quantitative estimate of drug-likeness (QED) is 0.367. The van der Waals surface area contributed by atoms with Gasteiger partial charge in [0.25, 0.3) is 5.91 Å². The summed E-state index contributed by atoms with van der Waals surface area (Å²) in [6.07, 6.45) is -0.227. The van der Waals surface area contributed by atoms with E-state index in [1.165, 1.54) is 10.9 Å². The molecular weight excluding hydrogens is 498 g/mol. The van der Waals surface area contributed by atoms with Gasteiger partial charge in [0.05, 0.1) is 19.5 Å². The van der Waals surface area contributed by atoms with Crippen LogP contribution in [0.25, 0.3) is 11.2 Å². The van der Waals surface area contributed by atoms with Crippen LogP contribution in [0.3, 0.4) is 0 Å². The fraction of sp³-hybridized carbons (Fsp3) is 0.708. The van der Waals surface area contributed by atoms with Gasteiger partial charge in [0.1, 0.15) is 29.7 Å². The Labute approximate surface area is 219 Å². The van der Waals surface area contributed by atoms with Crippen LogP contribution >= 0.6 is 0 Å². The highest BCUT2D eigenvalue weighted by atomic mass is 16.6. The molecule has 0 aliphatic carbocycles. The number of piperidine rings is 1. The molecule has 5 N–H and O–H groups in total. The Hall–Kier alpha value is -3.07. The second kappa shape index (κ2) is 11.4. The molecule has 5 heterocycles. The number of carbonyl (C=O) groups excluding carboxylic acids is 2. The molecule has 3 aliphatic rings. The van der Waals surface area contributed by atoms with Crippen molar-refractivity contribution in [1.82, 2.24) is 29.7 Å². The van der Waals surface area contributed by atoms with Crippen molar-refractivity contribution < 1.29 is 34.0 Å². The van der Waals surface area contributed by atoms with E-state index in [9.17, 15) is 19.8 Å². The predicted molar refractivity (Wildman–Crippen MR) is 133 cm³/mol. The van der Waals surface area contributed by atoms with Crippen molar-refractivity contribution in [2.45, 2.75) is 69.7 Å². The SMILES string of the molecule is CCNC(=O)[C@H]1O[C@@H](n2cnc3c(N)nc(CCC4CCN(C(=O)OC5CCOC5)CC4)nc32)C(O)C1O. The molecule has 0 aromatic carbocycles. The average molecular weight is 534 g/mol. The van der Waals surface area contributed by atoms with Crippen molar-refractivity contribution in [2.75, 3.05) is 38.6 Å². The fourth-order valence-electron chi connectivity index (χ4n) is 5.22. The number of amides is 2. The standard InChI is InChI=1S/C24H35N7O7/c1-2-26-22(34)19-17(32)18(33)23(38-19)31-12-27-16-20(25)28-15(29-21(16)31)4-3-13-5-8-30(9-6-13)24(35)37-14-7-10-36-11-14/h12-14,17-19,23,32-33H,2-11H2,1H3,(H,26,34)(H2,25,28,29)/t14?,17?,18?,19-,23+/m0/s1. The number of rotatable bonds is 7. The molecule has 3 saturated heterocycles. The minimum Gasteiger partial charge on any atom is -0.444 e. The van der Waals surface area contributed by atoms with Gasteiger partial charge in [-0.25, -0.2) is 19.7 Å². The number of likely N-dealkylation sites (tertiary alicyclic amines) is 1. The molecule has 0 spiro atoms. The number of nitrogens with zero attached hydrogens (tertiary/aromatic N) is 5. The summed E-state index contributed by atoms with van der Waals surface area (Å²) in [5.41, 5.74) is 6.87. The smallest absolute Gasteiger partial charge is 0.410 e. The van der Waals surface area contributed by atoms with Gasteiger partial charge in [0.15, 0.2) is 23.8 Å². The van der Waals surface area contributed by atoms with E-state index in [-0.39, 0.29) is 18.0 Å². The number of nitrogens with two attached hydrogens (primary N) is 1. The lowest BCUT2D eigenvalue weighted by molar-refractivity contribution is -0.137. The van der Waals surface area contributed by atoms with Crippen LogP contribution in [0, 0.1) is 5.92 Å². The molecular formula is C24H35N7O7. The van der Waals surface area contributed by atoms with Crippen LogP contribution in [-0.2, 0) is 25.4 Å². The highest BCUT2D eigenvalue weighted by Gasteiger charge is 2.47. The Morgan fingerprint density at radius 2 is 2.00 bits per heavy atom. The molecule has 14 nitrogen and oxygen atoms in total. The number of nitrogens with one attached hydrogen (secondary N) is 1. The summed E-state index contributed by atoms with van der Waals surface area (Å²) in [6, 6.07) is 0. The Balaban J connectivity index is 1.21. The minimum absolute atomic E-state index is 0.149. The van der Waals surface area contributed by atoms with Crippen LogP contribution in [0.1, 0.15) is 44.7 Å². The zero-order valence-electron chi connectivity index (χ0n) is 21.4. The van der Waals surface area contributed by atoms with E-state index in [4.69, 9.17) is 19.9 Å². The number of aryl methyl sites for hydroxylation is 1. The Morgan fingerprint density at radius 1 is 1.21 bits per heavy atom. The maximum absolute atomic E-state index is 12.4. The van der Waals surface area contributed by atoms with Gasteiger partial charge < -0.3 is 40.4 Å². The molecule has 2 aromatic heterocycles. The fourth-order valence-corrected chi connectivity index (χ4v) is 5.22. The monoisotopic (exact) mass is 533 g/mol. The highest BCUT2D eigenvalue weighted by Crippen LogP contribution is 2.32. The summed E-state index contributed by atoms with van der Waals surface area (Å²) in [5.74, 6) is 0.610. The summed E-state index contributed by atoms with van der Waals surface area (Å²) in [5, 5.41) is 23.6. The molecule has 0 saturated carbocycles. The van der Waals surface area contributed by atoms with Crippen molar-refractivity contribution in [2.24, 2.45) is 5.92 Å². The molecule has 3 unspecified atom stereocenters. The Morgan fingerprint density at radius 3 is 2.71 bits per heavy atom. The first-order chi connectivity index (χ1) is 18.4. The number of anilines is 1. The Kier molecular flexibility index (Phi) is 7.93. The molecule has 5 rings (SSSR count). The van der Waals surface area contributed by atoms with E-state index in [1.807, 2.05) is 0 Å². The zero-order chi connectivity index (χ0) is 26.8. The van der Waals surface area contributed by atoms with Gasteiger partial charge in [-0.05, 0) is 32.1 Å². The van der Waals surface area contributed by atoms with E-state index in [1.54, 1.807) is 11.8 Å². The third-order valence-electron chi connectivity index (χ3n) is 7.42. The lowest BCUT2D eigenvalue weighted by atomic mass is 9.92. The molecule has 208 valence electrons. The predicted octanol–water partition coefficient (Wildman–Crippen LogP) is -0.266. The van der Waals surface area contributed by atoms with Crippen molar-refractivity contribution in [3.63, 3.8) is 0 Å². The number of carbonyl (C=O) groups is 2. The van der Waals surface area contributed by atoms with E-state index in [2.05, 4.69) is 20.3 Å². The summed E-state index contributed by atoms with van der Waals surface area (Å²) in [4.78, 5) is 39.7. The summed E-state index contributed by atoms with van der Waals surface area (Å²) >= 11 is 0. The first kappa shape index (κ1) is 26.5. The number of nitrogen functional groups attached to an aromatic ring is 1. The van der Waals surface area contributed by atoms with Crippen LogP contribution in [0.5, 0.6) is 0 Å². The van der Waals surface area contributed by atoms with Crippen molar-refractivity contribution in [3.05, 3.63) is 12.2 Å². The molecule has 0 radical (unpaired) electrons. The van der Waals surface area contributed by atoms with Crippen LogP contribution in [0.2, 0.25) is 0 Å². The van der Waals surface area contributed by atoms with Crippen LogP contribution < -0.4 is 11.1 Å². The van der Waals surface area contributed by atoms with Gasteiger partial charge in [-0.1, -0.05) is 0 Å². The van der Waals surface area contributed by atoms with Crippen molar-refractivity contribution >= 4 is 29.0 Å². The van der Waals surface area contributed by atoms with Gasteiger partial charge in [0.2, 0.25) is 0 Å². The number of hydrogen-bond donors (Lipinski definition) is 4. The third-order valence-corrected chi connectivity index (χ3v) is 7.42. The molecule has 2 amide bonds. The van der Waals surface area contributed by atoms with Crippen LogP contribution in [0.4, 0.5) is 10.6 Å². The number of imidazole rings is 1. The first-order valence-electron chi connectivity index (χ1n) is 13.2. The second-order valence-electron chi connectivity index (χ2n) is 10.0. The number of aliphatic hydroxyl groups excluding tert-OH is 2. The lowest BCUT2D eigenvalue weighted by Crippen LogP contribution is -2.42. The van der Waals surface area contributed by atoms with Crippen molar-refractivity contribution in [3.8, 4) is 0 Å². The molecule has 14 heteroatoms. The van der Waals surface area contributed by atoms with Crippen molar-refractivity contribution in [1.29, 1.82) is 0 Å². The van der Waals surface area contributed by atoms with Crippen LogP contribution in [-0.4, -0.2) is 104 Å². The topological polar surface area (TPSA) is 187 Å². The molecule has 5 atom stereocenters. The number of likely N-dealkylation sites (N-methyl/N-ethyl adjacent to an activating group) is 1. The van der Waals surface area contributed by atoms with E-state index < -0.39 is 30.4 Å². The number of ether oxygens (including phenoxy) is 3. The van der Waals surface area contributed by atoms with E-state index >= 15 is 0 Å². The average Bonchev–Trinajstić information content (AvgIpc) is 3.64. The third kappa shape index (κ3) is 5.39. The number of hydrogen-bond acceptors (Lipinski definition) is 11. The summed E-state index contributed by atoms with van der Waals surface area (Å²) in [6.45, 7) is 4.49. The zero-order valence-corrected chi connectivity index (χ0v) is 21.4. The number of aromatic nitrogens is 4. The number of fused-ring (bicyclic) bond motifs is 1. The molecule has 38 heavy (non-hydrogen) atoms. The van der Waals surface area contributed by atoms with Gasteiger partial charge >= 0.3 is 6.09 Å². The maximum Gasteiger partial charge on any atom is 0.410 e.